The second kappa shape index (κ2) is 8.92. The molecule has 0 aliphatic heterocycles. The quantitative estimate of drug-likeness (QED) is 0.536. The van der Waals surface area contributed by atoms with Crippen LogP contribution in [0.5, 0.6) is 5.88 Å². The number of nitrogens with zero attached hydrogens (tertiary/aromatic N) is 2. The van der Waals surface area contributed by atoms with Crippen LogP contribution in [0.1, 0.15) is 16.8 Å². The standard InChI is InChI=1S/C17H16ClF3N2O4/c1-26-6-7-27-15-9-13(4-5-16(24)25)23(22-15)10-11-2-3-12(8-14(11)18)17(19,20)21/h2-5,8-9H,6-7,10H2,1H3,(H,24,25). The molecular weight excluding hydrogens is 389 g/mol. The first kappa shape index (κ1) is 20.8. The third-order valence-corrected chi connectivity index (χ3v) is 3.78. The van der Waals surface area contributed by atoms with Gasteiger partial charge in [-0.3, -0.25) is 4.68 Å². The van der Waals surface area contributed by atoms with Crippen molar-refractivity contribution in [2.24, 2.45) is 0 Å². The second-order valence-corrected chi connectivity index (χ2v) is 5.79. The molecule has 2 aromatic rings. The van der Waals surface area contributed by atoms with Crippen LogP contribution in [0.2, 0.25) is 5.02 Å². The van der Waals surface area contributed by atoms with E-state index in [4.69, 9.17) is 26.2 Å². The summed E-state index contributed by atoms with van der Waals surface area (Å²) >= 11 is 5.97. The molecule has 0 spiro atoms. The largest absolute Gasteiger partial charge is 0.478 e. The summed E-state index contributed by atoms with van der Waals surface area (Å²) in [5.74, 6) is -0.933. The molecule has 0 atom stereocenters. The van der Waals surface area contributed by atoms with Gasteiger partial charge in [-0.15, -0.1) is 5.10 Å². The molecule has 0 radical (unpaired) electrons. The van der Waals surface area contributed by atoms with Gasteiger partial charge in [-0.1, -0.05) is 17.7 Å². The maximum absolute atomic E-state index is 12.7. The van der Waals surface area contributed by atoms with Crippen molar-refractivity contribution >= 4 is 23.6 Å². The highest BCUT2D eigenvalue weighted by Gasteiger charge is 2.30. The summed E-state index contributed by atoms with van der Waals surface area (Å²) in [4.78, 5) is 10.8. The van der Waals surface area contributed by atoms with Gasteiger partial charge in [0.25, 0.3) is 0 Å². The second-order valence-electron chi connectivity index (χ2n) is 5.38. The number of methoxy groups -OCH3 is 1. The Kier molecular flexibility index (Phi) is 6.86. The number of halogens is 4. The summed E-state index contributed by atoms with van der Waals surface area (Å²) in [7, 11) is 1.51. The van der Waals surface area contributed by atoms with E-state index in [0.717, 1.165) is 18.2 Å². The molecule has 0 saturated heterocycles. The van der Waals surface area contributed by atoms with Gasteiger partial charge in [0.15, 0.2) is 0 Å². The zero-order chi connectivity index (χ0) is 20.0. The Morgan fingerprint density at radius 2 is 2.07 bits per heavy atom. The normalized spacial score (nSPS) is 11.9. The van der Waals surface area contributed by atoms with E-state index in [0.29, 0.717) is 17.9 Å². The molecule has 0 saturated carbocycles. The molecule has 10 heteroatoms. The number of carboxylic acids is 1. The van der Waals surface area contributed by atoms with Crippen molar-refractivity contribution in [3.05, 3.63) is 52.2 Å². The molecule has 1 N–H and O–H groups in total. The Labute approximate surface area is 157 Å². The molecule has 1 aromatic heterocycles. The SMILES string of the molecule is COCCOc1cc(C=CC(=O)O)n(Cc2ccc(C(F)(F)F)cc2Cl)n1. The molecule has 0 aliphatic rings. The minimum atomic E-state index is -4.49. The summed E-state index contributed by atoms with van der Waals surface area (Å²) in [5, 5.41) is 12.9. The van der Waals surface area contributed by atoms with Gasteiger partial charge in [0.1, 0.15) is 6.61 Å². The number of hydrogen-bond donors (Lipinski definition) is 1. The smallest absolute Gasteiger partial charge is 0.416 e. The van der Waals surface area contributed by atoms with Crippen molar-refractivity contribution in [2.75, 3.05) is 20.3 Å². The highest BCUT2D eigenvalue weighted by Crippen LogP contribution is 2.32. The zero-order valence-electron chi connectivity index (χ0n) is 14.2. The van der Waals surface area contributed by atoms with E-state index >= 15 is 0 Å². The lowest BCUT2D eigenvalue weighted by Crippen LogP contribution is -2.08. The molecule has 1 aromatic carbocycles. The maximum Gasteiger partial charge on any atom is 0.416 e. The number of benzene rings is 1. The third-order valence-electron chi connectivity index (χ3n) is 3.42. The number of alkyl halides is 3. The number of ether oxygens (including phenoxy) is 2. The molecule has 0 unspecified atom stereocenters. The molecule has 0 aliphatic carbocycles. The third kappa shape index (κ3) is 6.00. The topological polar surface area (TPSA) is 73.6 Å². The Morgan fingerprint density at radius 3 is 2.67 bits per heavy atom. The number of hydrogen-bond acceptors (Lipinski definition) is 4. The summed E-state index contributed by atoms with van der Waals surface area (Å²) in [6.45, 7) is 0.596. The molecule has 0 bridgehead atoms. The average molecular weight is 405 g/mol. The lowest BCUT2D eigenvalue weighted by molar-refractivity contribution is -0.137. The number of rotatable bonds is 8. The fourth-order valence-corrected chi connectivity index (χ4v) is 2.38. The molecule has 0 amide bonds. The van der Waals surface area contributed by atoms with Gasteiger partial charge in [0.2, 0.25) is 5.88 Å². The molecule has 6 nitrogen and oxygen atoms in total. The Hall–Kier alpha value is -2.52. The van der Waals surface area contributed by atoms with Crippen molar-refractivity contribution in [3.8, 4) is 5.88 Å². The Morgan fingerprint density at radius 1 is 1.33 bits per heavy atom. The van der Waals surface area contributed by atoms with Gasteiger partial charge in [0.05, 0.1) is 24.4 Å². The van der Waals surface area contributed by atoms with Crippen LogP contribution < -0.4 is 4.74 Å². The van der Waals surface area contributed by atoms with Crippen LogP contribution in [-0.4, -0.2) is 41.2 Å². The van der Waals surface area contributed by atoms with Crippen LogP contribution in [0.3, 0.4) is 0 Å². The molecule has 146 valence electrons. The van der Waals surface area contributed by atoms with Crippen LogP contribution in [0, 0.1) is 0 Å². The monoisotopic (exact) mass is 404 g/mol. The number of aromatic nitrogens is 2. The van der Waals surface area contributed by atoms with Gasteiger partial charge in [-0.2, -0.15) is 13.2 Å². The fourth-order valence-electron chi connectivity index (χ4n) is 2.14. The molecule has 27 heavy (non-hydrogen) atoms. The number of carbonyl (C=O) groups is 1. The first-order chi connectivity index (χ1) is 12.7. The van der Waals surface area contributed by atoms with Crippen LogP contribution in [0.15, 0.2) is 30.3 Å². The van der Waals surface area contributed by atoms with E-state index in [9.17, 15) is 18.0 Å². The summed E-state index contributed by atoms with van der Waals surface area (Å²) < 4.78 is 49.9. The number of carboxylic acid groups (broad SMARTS) is 1. The predicted octanol–water partition coefficient (Wildman–Crippen LogP) is 3.73. The van der Waals surface area contributed by atoms with Crippen molar-refractivity contribution in [1.29, 1.82) is 0 Å². The molecule has 2 rings (SSSR count). The first-order valence-corrected chi connectivity index (χ1v) is 8.04. The minimum absolute atomic E-state index is 0.0316. The van der Waals surface area contributed by atoms with Crippen molar-refractivity contribution in [1.82, 2.24) is 9.78 Å². The predicted molar refractivity (Wildman–Crippen MR) is 91.8 cm³/mol. The Balaban J connectivity index is 2.29. The molecule has 1 heterocycles. The average Bonchev–Trinajstić information content (AvgIpc) is 2.96. The summed E-state index contributed by atoms with van der Waals surface area (Å²) in [6.07, 6.45) is -2.27. The van der Waals surface area contributed by atoms with E-state index < -0.39 is 17.7 Å². The maximum atomic E-state index is 12.7. The van der Waals surface area contributed by atoms with E-state index in [-0.39, 0.29) is 24.1 Å². The summed E-state index contributed by atoms with van der Waals surface area (Å²) in [5.41, 5.74) is -0.0757. The highest BCUT2D eigenvalue weighted by atomic mass is 35.5. The van der Waals surface area contributed by atoms with Crippen LogP contribution >= 0.6 is 11.6 Å². The van der Waals surface area contributed by atoms with E-state index in [1.54, 1.807) is 0 Å². The van der Waals surface area contributed by atoms with Crippen LogP contribution in [0.25, 0.3) is 6.08 Å². The fraction of sp³-hybridized carbons (Fsp3) is 0.294. The van der Waals surface area contributed by atoms with Crippen molar-refractivity contribution < 1.29 is 32.5 Å². The minimum Gasteiger partial charge on any atom is -0.478 e. The number of aliphatic carboxylic acids is 1. The van der Waals surface area contributed by atoms with Gasteiger partial charge in [-0.05, 0) is 23.8 Å². The first-order valence-electron chi connectivity index (χ1n) is 7.67. The Bertz CT molecular complexity index is 834. The lowest BCUT2D eigenvalue weighted by Gasteiger charge is -2.11. The van der Waals surface area contributed by atoms with Gasteiger partial charge >= 0.3 is 12.1 Å². The van der Waals surface area contributed by atoms with E-state index in [1.807, 2.05) is 0 Å². The van der Waals surface area contributed by atoms with E-state index in [2.05, 4.69) is 5.10 Å². The lowest BCUT2D eigenvalue weighted by atomic mass is 10.1. The summed E-state index contributed by atoms with van der Waals surface area (Å²) in [6, 6.07) is 4.52. The van der Waals surface area contributed by atoms with Crippen molar-refractivity contribution in [2.45, 2.75) is 12.7 Å². The van der Waals surface area contributed by atoms with Crippen LogP contribution in [0.4, 0.5) is 13.2 Å². The van der Waals surface area contributed by atoms with E-state index in [1.165, 1.54) is 30.0 Å². The van der Waals surface area contributed by atoms with Gasteiger partial charge in [0, 0.05) is 24.3 Å². The zero-order valence-corrected chi connectivity index (χ0v) is 14.9. The molecule has 0 fully saturated rings. The molecular formula is C17H16ClF3N2O4. The van der Waals surface area contributed by atoms with Crippen molar-refractivity contribution in [3.63, 3.8) is 0 Å². The van der Waals surface area contributed by atoms with Gasteiger partial charge in [-0.25, -0.2) is 4.79 Å². The van der Waals surface area contributed by atoms with Crippen LogP contribution in [-0.2, 0) is 22.3 Å². The van der Waals surface area contributed by atoms with Gasteiger partial charge < -0.3 is 14.6 Å². The highest BCUT2D eigenvalue weighted by molar-refractivity contribution is 6.31.